The number of imidazole rings is 1. The zero-order valence-electron chi connectivity index (χ0n) is 19.9. The Morgan fingerprint density at radius 1 is 1.11 bits per heavy atom. The van der Waals surface area contributed by atoms with Gasteiger partial charge in [-0.15, -0.1) is 11.3 Å². The Bertz CT molecular complexity index is 1470. The Morgan fingerprint density at radius 3 is 2.75 bits per heavy atom. The second-order valence-electron chi connectivity index (χ2n) is 8.42. The van der Waals surface area contributed by atoms with Gasteiger partial charge in [-0.3, -0.25) is 4.79 Å². The summed E-state index contributed by atoms with van der Waals surface area (Å²) < 4.78 is 10.9. The fourth-order valence-electron chi connectivity index (χ4n) is 4.42. The number of thiophene rings is 1. The number of esters is 2. The topological polar surface area (TPSA) is 110 Å². The van der Waals surface area contributed by atoms with E-state index in [4.69, 9.17) is 9.47 Å². The zero-order chi connectivity index (χ0) is 25.2. The smallest absolute Gasteiger partial charge is 0.341 e. The van der Waals surface area contributed by atoms with Crippen molar-refractivity contribution in [3.63, 3.8) is 0 Å². The number of benzene rings is 2. The summed E-state index contributed by atoms with van der Waals surface area (Å²) in [7, 11) is 0. The molecule has 0 spiro atoms. The predicted molar refractivity (Wildman–Crippen MR) is 137 cm³/mol. The van der Waals surface area contributed by atoms with Crippen LogP contribution in [-0.4, -0.2) is 40.5 Å². The van der Waals surface area contributed by atoms with E-state index in [1.165, 1.54) is 16.9 Å². The molecule has 4 aromatic rings. The minimum absolute atomic E-state index is 0.225. The van der Waals surface area contributed by atoms with Gasteiger partial charge in [-0.05, 0) is 61.1 Å². The minimum atomic E-state index is -1.03. The molecule has 2 aromatic heterocycles. The molecule has 1 amide bonds. The van der Waals surface area contributed by atoms with E-state index >= 15 is 0 Å². The lowest BCUT2D eigenvalue weighted by Crippen LogP contribution is -2.32. The molecule has 0 aliphatic heterocycles. The Balaban J connectivity index is 1.41. The van der Waals surface area contributed by atoms with Crippen LogP contribution in [0.25, 0.3) is 21.5 Å². The highest BCUT2D eigenvalue weighted by Gasteiger charge is 2.31. The van der Waals surface area contributed by atoms with Crippen LogP contribution in [0.5, 0.6) is 0 Å². The number of fused-ring (bicyclic) bond motifs is 4. The number of amides is 1. The number of carbonyl (C=O) groups is 3. The summed E-state index contributed by atoms with van der Waals surface area (Å²) in [5.74, 6) is -1.58. The molecule has 8 nitrogen and oxygen atoms in total. The number of nitrogens with one attached hydrogen (secondary N) is 2. The summed E-state index contributed by atoms with van der Waals surface area (Å²) in [4.78, 5) is 47.0. The summed E-state index contributed by atoms with van der Waals surface area (Å²) in [6, 6.07) is 13.0. The summed E-state index contributed by atoms with van der Waals surface area (Å²) in [6.07, 6.45) is 2.26. The van der Waals surface area contributed by atoms with Gasteiger partial charge in [0.2, 0.25) is 0 Å². The third-order valence-corrected chi connectivity index (χ3v) is 7.38. The van der Waals surface area contributed by atoms with E-state index in [0.717, 1.165) is 27.9 Å². The fraction of sp³-hybridized carbons (Fsp3) is 0.259. The standard InChI is InChI=1S/C27H25N3O5S/c1-3-21(35-26(32)16-10-12-19-20(13-16)29-14-28-19)24(31)30-25-22(27(33)34-4-2)18-11-9-15-7-5-6-8-17(15)23(18)36-25/h5-8,10,12-14,21H,3-4,9,11H2,1-2H3,(H,28,29)(H,30,31). The molecule has 5 rings (SSSR count). The lowest BCUT2D eigenvalue weighted by atomic mass is 9.89. The van der Waals surface area contributed by atoms with Crippen LogP contribution in [0.2, 0.25) is 0 Å². The highest BCUT2D eigenvalue weighted by atomic mass is 32.1. The Kier molecular flexibility index (Phi) is 6.56. The van der Waals surface area contributed by atoms with E-state index in [1.54, 1.807) is 38.4 Å². The monoisotopic (exact) mass is 503 g/mol. The minimum Gasteiger partial charge on any atom is -0.462 e. The Labute approximate surface area is 211 Å². The molecule has 2 N–H and O–H groups in total. The first-order valence-electron chi connectivity index (χ1n) is 11.9. The van der Waals surface area contributed by atoms with Crippen LogP contribution < -0.4 is 5.32 Å². The number of anilines is 1. The number of H-pyrrole nitrogens is 1. The highest BCUT2D eigenvalue weighted by molar-refractivity contribution is 7.20. The van der Waals surface area contributed by atoms with Gasteiger partial charge in [0.1, 0.15) is 5.00 Å². The first-order chi connectivity index (χ1) is 17.5. The van der Waals surface area contributed by atoms with Gasteiger partial charge in [-0.25, -0.2) is 14.6 Å². The average Bonchev–Trinajstić information content (AvgIpc) is 3.51. The maximum atomic E-state index is 13.2. The maximum Gasteiger partial charge on any atom is 0.341 e. The van der Waals surface area contributed by atoms with E-state index in [0.29, 0.717) is 28.1 Å². The molecule has 0 saturated carbocycles. The highest BCUT2D eigenvalue weighted by Crippen LogP contribution is 2.45. The fourth-order valence-corrected chi connectivity index (χ4v) is 5.72. The van der Waals surface area contributed by atoms with Crippen LogP contribution in [0.4, 0.5) is 5.00 Å². The molecule has 0 fully saturated rings. The molecule has 1 unspecified atom stereocenters. The molecule has 1 aliphatic rings. The van der Waals surface area contributed by atoms with Gasteiger partial charge in [0, 0.05) is 4.88 Å². The third-order valence-electron chi connectivity index (χ3n) is 6.20. The molecular formula is C27H25N3O5S. The number of aromatic amines is 1. The molecule has 184 valence electrons. The molecule has 1 atom stereocenters. The van der Waals surface area contributed by atoms with Gasteiger partial charge in [0.05, 0.1) is 35.1 Å². The molecule has 2 heterocycles. The lowest BCUT2D eigenvalue weighted by Gasteiger charge is -2.17. The number of hydrogen-bond donors (Lipinski definition) is 2. The lowest BCUT2D eigenvalue weighted by molar-refractivity contribution is -0.124. The summed E-state index contributed by atoms with van der Waals surface area (Å²) in [5, 5.41) is 3.27. The number of aryl methyl sites for hydroxylation is 1. The largest absolute Gasteiger partial charge is 0.462 e. The van der Waals surface area contributed by atoms with Crippen LogP contribution in [0.3, 0.4) is 0 Å². The van der Waals surface area contributed by atoms with Crippen molar-refractivity contribution in [1.82, 2.24) is 9.97 Å². The van der Waals surface area contributed by atoms with E-state index in [1.807, 2.05) is 18.2 Å². The van der Waals surface area contributed by atoms with Gasteiger partial charge in [0.15, 0.2) is 6.10 Å². The van der Waals surface area contributed by atoms with Crippen molar-refractivity contribution in [2.75, 3.05) is 11.9 Å². The second-order valence-corrected chi connectivity index (χ2v) is 9.44. The SMILES string of the molecule is CCOC(=O)c1c(NC(=O)C(CC)OC(=O)c2ccc3nc[nH]c3c2)sc2c1CCc1ccccc1-2. The number of aromatic nitrogens is 2. The summed E-state index contributed by atoms with van der Waals surface area (Å²) in [6.45, 7) is 3.73. The zero-order valence-corrected chi connectivity index (χ0v) is 20.7. The third kappa shape index (κ3) is 4.37. The van der Waals surface area contributed by atoms with Crippen LogP contribution in [0.1, 0.15) is 52.1 Å². The molecule has 1 aliphatic carbocycles. The molecule has 0 saturated heterocycles. The van der Waals surface area contributed by atoms with Crippen molar-refractivity contribution in [3.8, 4) is 10.4 Å². The van der Waals surface area contributed by atoms with Gasteiger partial charge >= 0.3 is 11.9 Å². The number of nitrogens with zero attached hydrogens (tertiary/aromatic N) is 1. The first-order valence-corrected chi connectivity index (χ1v) is 12.7. The van der Waals surface area contributed by atoms with E-state index in [-0.39, 0.29) is 13.0 Å². The van der Waals surface area contributed by atoms with Gasteiger partial charge in [0.25, 0.3) is 5.91 Å². The number of hydrogen-bond acceptors (Lipinski definition) is 7. The number of carbonyl (C=O) groups excluding carboxylic acids is 3. The van der Waals surface area contributed by atoms with Crippen molar-refractivity contribution in [2.24, 2.45) is 0 Å². The first kappa shape index (κ1) is 23.7. The van der Waals surface area contributed by atoms with E-state index in [9.17, 15) is 14.4 Å². The van der Waals surface area contributed by atoms with Crippen molar-refractivity contribution in [3.05, 3.63) is 71.0 Å². The van der Waals surface area contributed by atoms with Crippen molar-refractivity contribution < 1.29 is 23.9 Å². The number of ether oxygens (including phenoxy) is 2. The average molecular weight is 504 g/mol. The van der Waals surface area contributed by atoms with Gasteiger partial charge in [-0.2, -0.15) is 0 Å². The molecule has 2 aromatic carbocycles. The van der Waals surface area contributed by atoms with E-state index in [2.05, 4.69) is 21.4 Å². The number of rotatable bonds is 7. The normalized spacial score (nSPS) is 12.9. The van der Waals surface area contributed by atoms with Crippen molar-refractivity contribution >= 4 is 45.2 Å². The van der Waals surface area contributed by atoms with Crippen LogP contribution in [0, 0.1) is 0 Å². The Hall–Kier alpha value is -3.98. The van der Waals surface area contributed by atoms with Crippen LogP contribution in [0.15, 0.2) is 48.8 Å². The quantitative estimate of drug-likeness (QED) is 0.338. The van der Waals surface area contributed by atoms with Gasteiger partial charge in [-0.1, -0.05) is 31.2 Å². The Morgan fingerprint density at radius 2 is 1.94 bits per heavy atom. The molecule has 0 radical (unpaired) electrons. The molecule has 36 heavy (non-hydrogen) atoms. The summed E-state index contributed by atoms with van der Waals surface area (Å²) in [5.41, 5.74) is 5.26. The molecule has 9 heteroatoms. The second kappa shape index (κ2) is 9.94. The summed E-state index contributed by atoms with van der Waals surface area (Å²) >= 11 is 1.35. The van der Waals surface area contributed by atoms with Gasteiger partial charge < -0.3 is 19.8 Å². The van der Waals surface area contributed by atoms with Crippen molar-refractivity contribution in [2.45, 2.75) is 39.2 Å². The van der Waals surface area contributed by atoms with E-state index < -0.39 is 23.9 Å². The van der Waals surface area contributed by atoms with Crippen molar-refractivity contribution in [1.29, 1.82) is 0 Å². The van der Waals surface area contributed by atoms with Crippen LogP contribution in [-0.2, 0) is 27.1 Å². The van der Waals surface area contributed by atoms with Crippen LogP contribution >= 0.6 is 11.3 Å². The molecule has 0 bridgehead atoms. The molecular weight excluding hydrogens is 478 g/mol. The maximum absolute atomic E-state index is 13.2. The predicted octanol–water partition coefficient (Wildman–Crippen LogP) is 5.14.